The predicted octanol–water partition coefficient (Wildman–Crippen LogP) is 4.18. The van der Waals surface area contributed by atoms with Crippen LogP contribution in [0.5, 0.6) is 5.75 Å². The maximum atomic E-state index is 5.74. The first kappa shape index (κ1) is 11.3. The van der Waals surface area contributed by atoms with Crippen molar-refractivity contribution in [3.05, 3.63) is 28.8 Å². The summed E-state index contributed by atoms with van der Waals surface area (Å²) in [6.45, 7) is 0. The molecule has 0 fully saturated rings. The quantitative estimate of drug-likeness (QED) is 0.688. The molecule has 0 radical (unpaired) electrons. The zero-order valence-electron chi connectivity index (χ0n) is 6.65. The molecule has 0 spiro atoms. The van der Waals surface area contributed by atoms with Crippen LogP contribution in [0.4, 0.5) is 0 Å². The zero-order valence-corrected chi connectivity index (χ0v) is 9.68. The van der Waals surface area contributed by atoms with Crippen LogP contribution in [0.25, 0.3) is 0 Å². The number of benzene rings is 1. The standard InChI is InChI=1S/C8H6Cl4O/c1-13-7-4-5(9)2-3-6(7)8(10,11)12/h2-4H,1H3. The first-order chi connectivity index (χ1) is 5.95. The molecule has 5 heteroatoms. The lowest BCUT2D eigenvalue weighted by molar-refractivity contribution is 0.410. The molecule has 0 N–H and O–H groups in total. The van der Waals surface area contributed by atoms with Crippen LogP contribution in [0.15, 0.2) is 18.2 Å². The summed E-state index contributed by atoms with van der Waals surface area (Å²) in [6.07, 6.45) is 0. The summed E-state index contributed by atoms with van der Waals surface area (Å²) in [5.74, 6) is 0.465. The Hall–Kier alpha value is 0.180. The van der Waals surface area contributed by atoms with E-state index in [-0.39, 0.29) is 0 Å². The first-order valence-electron chi connectivity index (χ1n) is 3.36. The van der Waals surface area contributed by atoms with E-state index >= 15 is 0 Å². The number of hydrogen-bond donors (Lipinski definition) is 0. The largest absolute Gasteiger partial charge is 0.496 e. The average molecular weight is 260 g/mol. The third kappa shape index (κ3) is 2.81. The minimum Gasteiger partial charge on any atom is -0.496 e. The summed E-state index contributed by atoms with van der Waals surface area (Å²) < 4.78 is 3.52. The molecule has 1 aromatic carbocycles. The number of ether oxygens (including phenoxy) is 1. The molecular formula is C8H6Cl4O. The van der Waals surface area contributed by atoms with Gasteiger partial charge in [-0.05, 0) is 18.2 Å². The Morgan fingerprint density at radius 3 is 2.31 bits per heavy atom. The van der Waals surface area contributed by atoms with Crippen LogP contribution >= 0.6 is 46.4 Å². The maximum absolute atomic E-state index is 5.74. The van der Waals surface area contributed by atoms with Crippen molar-refractivity contribution in [2.75, 3.05) is 7.11 Å². The Morgan fingerprint density at radius 1 is 1.23 bits per heavy atom. The van der Waals surface area contributed by atoms with Gasteiger partial charge in [0.25, 0.3) is 0 Å². The summed E-state index contributed by atoms with van der Waals surface area (Å²) >= 11 is 22.8. The molecule has 1 nitrogen and oxygen atoms in total. The number of hydrogen-bond acceptors (Lipinski definition) is 1. The second-order valence-electron chi connectivity index (χ2n) is 2.34. The van der Waals surface area contributed by atoms with Crippen LogP contribution in [0.1, 0.15) is 5.56 Å². The summed E-state index contributed by atoms with van der Waals surface area (Å²) in [5, 5.41) is 0.537. The van der Waals surface area contributed by atoms with Crippen molar-refractivity contribution in [1.82, 2.24) is 0 Å². The fraction of sp³-hybridized carbons (Fsp3) is 0.250. The van der Waals surface area contributed by atoms with Gasteiger partial charge < -0.3 is 4.74 Å². The zero-order chi connectivity index (χ0) is 10.1. The van der Waals surface area contributed by atoms with Crippen LogP contribution in [0.2, 0.25) is 5.02 Å². The number of halogens is 4. The second-order valence-corrected chi connectivity index (χ2v) is 5.06. The van der Waals surface area contributed by atoms with E-state index in [2.05, 4.69) is 0 Å². The van der Waals surface area contributed by atoms with Gasteiger partial charge in [0.15, 0.2) is 0 Å². The van der Waals surface area contributed by atoms with Crippen molar-refractivity contribution >= 4 is 46.4 Å². The summed E-state index contributed by atoms with van der Waals surface area (Å²) in [7, 11) is 1.49. The molecule has 1 rings (SSSR count). The van der Waals surface area contributed by atoms with Gasteiger partial charge in [-0.1, -0.05) is 46.4 Å². The van der Waals surface area contributed by atoms with Crippen molar-refractivity contribution in [2.45, 2.75) is 3.79 Å². The van der Waals surface area contributed by atoms with Crippen molar-refractivity contribution in [2.24, 2.45) is 0 Å². The minimum atomic E-state index is -1.49. The number of rotatable bonds is 1. The molecule has 0 saturated heterocycles. The molecule has 0 aliphatic carbocycles. The van der Waals surface area contributed by atoms with Crippen molar-refractivity contribution in [3.8, 4) is 5.75 Å². The van der Waals surface area contributed by atoms with E-state index in [9.17, 15) is 0 Å². The molecule has 0 heterocycles. The van der Waals surface area contributed by atoms with Gasteiger partial charge in [0.2, 0.25) is 3.79 Å². The lowest BCUT2D eigenvalue weighted by Gasteiger charge is -2.15. The van der Waals surface area contributed by atoms with Gasteiger partial charge in [-0.3, -0.25) is 0 Å². The topological polar surface area (TPSA) is 9.23 Å². The SMILES string of the molecule is COc1cc(Cl)ccc1C(Cl)(Cl)Cl. The second kappa shape index (κ2) is 4.14. The Morgan fingerprint density at radius 2 is 1.85 bits per heavy atom. The molecule has 0 aromatic heterocycles. The van der Waals surface area contributed by atoms with E-state index in [4.69, 9.17) is 51.1 Å². The van der Waals surface area contributed by atoms with E-state index in [0.717, 1.165) is 0 Å². The van der Waals surface area contributed by atoms with Gasteiger partial charge in [0, 0.05) is 10.6 Å². The van der Waals surface area contributed by atoms with Crippen LogP contribution < -0.4 is 4.74 Å². The number of methoxy groups -OCH3 is 1. The minimum absolute atomic E-state index is 0.465. The normalized spacial score (nSPS) is 11.5. The highest BCUT2D eigenvalue weighted by molar-refractivity contribution is 6.66. The van der Waals surface area contributed by atoms with Crippen LogP contribution in [-0.2, 0) is 3.79 Å². The fourth-order valence-electron chi connectivity index (χ4n) is 0.899. The summed E-state index contributed by atoms with van der Waals surface area (Å²) in [6, 6.07) is 4.86. The lowest BCUT2D eigenvalue weighted by Crippen LogP contribution is -2.02. The van der Waals surface area contributed by atoms with E-state index < -0.39 is 3.79 Å². The third-order valence-corrected chi connectivity index (χ3v) is 2.31. The molecule has 0 bridgehead atoms. The highest BCUT2D eigenvalue weighted by Gasteiger charge is 2.26. The highest BCUT2D eigenvalue weighted by atomic mass is 35.6. The van der Waals surface area contributed by atoms with Gasteiger partial charge >= 0.3 is 0 Å². The molecule has 0 saturated carbocycles. The van der Waals surface area contributed by atoms with E-state index in [1.165, 1.54) is 7.11 Å². The molecule has 0 atom stereocenters. The molecule has 1 aromatic rings. The molecule has 0 amide bonds. The van der Waals surface area contributed by atoms with Gasteiger partial charge in [-0.25, -0.2) is 0 Å². The Bertz CT molecular complexity index is 306. The van der Waals surface area contributed by atoms with Gasteiger partial charge in [0.1, 0.15) is 5.75 Å². The monoisotopic (exact) mass is 258 g/mol. The molecule has 72 valence electrons. The van der Waals surface area contributed by atoms with E-state index in [0.29, 0.717) is 16.3 Å². The van der Waals surface area contributed by atoms with Crippen molar-refractivity contribution < 1.29 is 4.74 Å². The van der Waals surface area contributed by atoms with Gasteiger partial charge in [-0.15, -0.1) is 0 Å². The summed E-state index contributed by atoms with van der Waals surface area (Å²) in [5.41, 5.74) is 0.476. The average Bonchev–Trinajstić information content (AvgIpc) is 2.01. The highest BCUT2D eigenvalue weighted by Crippen LogP contribution is 2.43. The first-order valence-corrected chi connectivity index (χ1v) is 4.87. The smallest absolute Gasteiger partial charge is 0.219 e. The molecule has 0 aliphatic rings. The van der Waals surface area contributed by atoms with E-state index in [1.54, 1.807) is 18.2 Å². The molecule has 13 heavy (non-hydrogen) atoms. The Labute approximate surface area is 96.5 Å². The van der Waals surface area contributed by atoms with Crippen LogP contribution in [0.3, 0.4) is 0 Å². The summed E-state index contributed by atoms with van der Waals surface area (Å²) in [4.78, 5) is 0. The van der Waals surface area contributed by atoms with Crippen molar-refractivity contribution in [1.29, 1.82) is 0 Å². The Balaban J connectivity index is 3.22. The van der Waals surface area contributed by atoms with Gasteiger partial charge in [-0.2, -0.15) is 0 Å². The fourth-order valence-corrected chi connectivity index (χ4v) is 1.53. The predicted molar refractivity (Wildman–Crippen MR) is 57.2 cm³/mol. The molecule has 0 unspecified atom stereocenters. The third-order valence-electron chi connectivity index (χ3n) is 1.47. The van der Waals surface area contributed by atoms with Gasteiger partial charge in [0.05, 0.1) is 7.11 Å². The molecular weight excluding hydrogens is 254 g/mol. The van der Waals surface area contributed by atoms with Crippen LogP contribution in [-0.4, -0.2) is 7.11 Å². The number of alkyl halides is 3. The molecule has 0 aliphatic heterocycles. The van der Waals surface area contributed by atoms with Crippen LogP contribution in [0, 0.1) is 0 Å². The maximum Gasteiger partial charge on any atom is 0.219 e. The van der Waals surface area contributed by atoms with Crippen molar-refractivity contribution in [3.63, 3.8) is 0 Å². The van der Waals surface area contributed by atoms with E-state index in [1.807, 2.05) is 0 Å². The Kier molecular flexibility index (Phi) is 3.58. The lowest BCUT2D eigenvalue weighted by atomic mass is 10.2.